The molecule has 1 fully saturated rings. The van der Waals surface area contributed by atoms with Crippen molar-refractivity contribution < 1.29 is 14.4 Å². The summed E-state index contributed by atoms with van der Waals surface area (Å²) in [4.78, 5) is 39.3. The molecule has 8 nitrogen and oxygen atoms in total. The first kappa shape index (κ1) is 18.8. The number of nitrogens with zero attached hydrogens (tertiary/aromatic N) is 4. The Morgan fingerprint density at radius 1 is 1.07 bits per heavy atom. The second-order valence-corrected chi connectivity index (χ2v) is 7.09. The van der Waals surface area contributed by atoms with E-state index < -0.39 is 23.9 Å². The fourth-order valence-electron chi connectivity index (χ4n) is 3.54. The normalized spacial score (nSPS) is 20.3. The summed E-state index contributed by atoms with van der Waals surface area (Å²) >= 11 is 0. The van der Waals surface area contributed by atoms with Crippen LogP contribution in [-0.4, -0.2) is 41.4 Å². The summed E-state index contributed by atoms with van der Waals surface area (Å²) in [7, 11) is 0. The Kier molecular flexibility index (Phi) is 4.84. The van der Waals surface area contributed by atoms with Crippen molar-refractivity contribution in [2.45, 2.75) is 32.4 Å². The Morgan fingerprint density at radius 2 is 1.79 bits per heavy atom. The molecule has 2 atom stereocenters. The number of rotatable bonds is 5. The van der Waals surface area contributed by atoms with E-state index in [2.05, 4.69) is 15.7 Å². The van der Waals surface area contributed by atoms with Crippen molar-refractivity contribution in [1.29, 1.82) is 0 Å². The first-order valence-electron chi connectivity index (χ1n) is 9.49. The Hall–Kier alpha value is -3.55. The molecule has 2 aromatic carbocycles. The highest BCUT2D eigenvalue weighted by atomic mass is 16.2. The number of carbonyl (C=O) groups excluding carboxylic acids is 3. The number of fused-ring (bicyclic) bond motifs is 1. The highest BCUT2D eigenvalue weighted by Crippen LogP contribution is 2.32. The van der Waals surface area contributed by atoms with Crippen LogP contribution >= 0.6 is 0 Å². The third kappa shape index (κ3) is 3.37. The Balaban J connectivity index is 1.49. The summed E-state index contributed by atoms with van der Waals surface area (Å²) in [6.45, 7) is 3.76. The van der Waals surface area contributed by atoms with E-state index in [9.17, 15) is 14.4 Å². The van der Waals surface area contributed by atoms with Gasteiger partial charge >= 0.3 is 0 Å². The third-order valence-corrected chi connectivity index (χ3v) is 5.19. The quantitative estimate of drug-likeness (QED) is 0.793. The van der Waals surface area contributed by atoms with Crippen LogP contribution in [-0.2, 0) is 20.8 Å². The summed E-state index contributed by atoms with van der Waals surface area (Å²) in [5, 5.41) is 12.0. The lowest BCUT2D eigenvalue weighted by Gasteiger charge is -2.20. The van der Waals surface area contributed by atoms with Crippen LogP contribution in [0.25, 0.3) is 0 Å². The van der Waals surface area contributed by atoms with E-state index in [1.165, 1.54) is 5.01 Å². The molecule has 148 valence electrons. The van der Waals surface area contributed by atoms with E-state index in [1.54, 1.807) is 18.2 Å². The number of benzene rings is 2. The van der Waals surface area contributed by atoms with Gasteiger partial charge in [0.25, 0.3) is 11.8 Å². The van der Waals surface area contributed by atoms with Crippen molar-refractivity contribution in [2.24, 2.45) is 10.3 Å². The van der Waals surface area contributed by atoms with Gasteiger partial charge in [0.1, 0.15) is 6.54 Å². The van der Waals surface area contributed by atoms with E-state index in [4.69, 9.17) is 0 Å². The highest BCUT2D eigenvalue weighted by molar-refractivity contribution is 6.25. The number of anilines is 2. The summed E-state index contributed by atoms with van der Waals surface area (Å²) in [5.41, 5.74) is 3.24. The van der Waals surface area contributed by atoms with E-state index in [0.717, 1.165) is 22.4 Å². The zero-order valence-electron chi connectivity index (χ0n) is 16.2. The van der Waals surface area contributed by atoms with E-state index in [1.807, 2.05) is 44.2 Å². The van der Waals surface area contributed by atoms with Crippen molar-refractivity contribution in [1.82, 2.24) is 5.01 Å². The zero-order chi connectivity index (χ0) is 20.5. The second-order valence-electron chi connectivity index (χ2n) is 7.09. The Labute approximate surface area is 168 Å². The fraction of sp³-hybridized carbons (Fsp3) is 0.286. The van der Waals surface area contributed by atoms with Crippen molar-refractivity contribution in [3.05, 3.63) is 59.7 Å². The van der Waals surface area contributed by atoms with Crippen LogP contribution in [0.15, 0.2) is 58.9 Å². The van der Waals surface area contributed by atoms with Gasteiger partial charge in [0.2, 0.25) is 5.91 Å². The van der Waals surface area contributed by atoms with Crippen molar-refractivity contribution in [3.8, 4) is 0 Å². The molecule has 1 N–H and O–H groups in total. The van der Waals surface area contributed by atoms with Gasteiger partial charge in [-0.1, -0.05) is 42.5 Å². The monoisotopic (exact) mass is 391 g/mol. The molecule has 0 unspecified atom stereocenters. The van der Waals surface area contributed by atoms with Gasteiger partial charge in [-0.15, -0.1) is 0 Å². The summed E-state index contributed by atoms with van der Waals surface area (Å²) in [6, 6.07) is 12.9. The highest BCUT2D eigenvalue weighted by Gasteiger charge is 2.55. The Morgan fingerprint density at radius 3 is 2.48 bits per heavy atom. The molecule has 8 heteroatoms. The molecule has 0 spiro atoms. The fourth-order valence-corrected chi connectivity index (χ4v) is 3.54. The SMILES string of the molecule is CCc1ccc(N2C(=O)[C@H]3N=NN(CC(=O)Nc4ccccc4C)[C@H]3C2=O)cc1. The van der Waals surface area contributed by atoms with Gasteiger partial charge in [-0.2, -0.15) is 5.11 Å². The molecule has 3 amide bonds. The number of hydrogen-bond acceptors (Lipinski definition) is 6. The van der Waals surface area contributed by atoms with Gasteiger partial charge in [-0.25, -0.2) is 4.90 Å². The van der Waals surface area contributed by atoms with E-state index in [0.29, 0.717) is 11.4 Å². The second kappa shape index (κ2) is 7.46. The van der Waals surface area contributed by atoms with Crippen molar-refractivity contribution in [3.63, 3.8) is 0 Å². The van der Waals surface area contributed by atoms with Crippen LogP contribution in [0.1, 0.15) is 18.1 Å². The standard InChI is InChI=1S/C21H21N5O3/c1-3-14-8-10-15(11-9-14)26-20(28)18-19(21(26)29)25(24-23-18)12-17(27)22-16-7-5-4-6-13(16)2/h4-11,18-19H,3,12H2,1-2H3,(H,22,27)/t18-,19+/m0/s1. The molecule has 2 heterocycles. The molecule has 2 aromatic rings. The number of nitrogens with one attached hydrogen (secondary N) is 1. The average molecular weight is 391 g/mol. The zero-order valence-corrected chi connectivity index (χ0v) is 16.2. The summed E-state index contributed by atoms with van der Waals surface area (Å²) < 4.78 is 0. The molecule has 29 heavy (non-hydrogen) atoms. The summed E-state index contributed by atoms with van der Waals surface area (Å²) in [6.07, 6.45) is 0.866. The minimum absolute atomic E-state index is 0.166. The molecule has 4 rings (SSSR count). The van der Waals surface area contributed by atoms with Gasteiger partial charge in [0.05, 0.1) is 5.69 Å². The van der Waals surface area contributed by atoms with Crippen molar-refractivity contribution >= 4 is 29.1 Å². The molecule has 0 aliphatic carbocycles. The van der Waals surface area contributed by atoms with E-state index in [-0.39, 0.29) is 12.5 Å². The molecule has 0 bridgehead atoms. The molecular weight excluding hydrogens is 370 g/mol. The molecule has 0 aromatic heterocycles. The van der Waals surface area contributed by atoms with Gasteiger partial charge in [0.15, 0.2) is 12.1 Å². The van der Waals surface area contributed by atoms with Crippen LogP contribution < -0.4 is 10.2 Å². The average Bonchev–Trinajstić information content (AvgIpc) is 3.23. The maximum absolute atomic E-state index is 13.0. The first-order valence-corrected chi connectivity index (χ1v) is 9.49. The number of aryl methyl sites for hydroxylation is 2. The van der Waals surface area contributed by atoms with Crippen LogP contribution in [0, 0.1) is 6.92 Å². The number of para-hydroxylation sites is 1. The van der Waals surface area contributed by atoms with Crippen LogP contribution in [0.3, 0.4) is 0 Å². The Bertz CT molecular complexity index is 1000. The minimum atomic E-state index is -0.917. The van der Waals surface area contributed by atoms with Crippen LogP contribution in [0.4, 0.5) is 11.4 Å². The predicted octanol–water partition coefficient (Wildman–Crippen LogP) is 2.49. The molecule has 2 aliphatic heterocycles. The maximum Gasteiger partial charge on any atom is 0.263 e. The smallest absolute Gasteiger partial charge is 0.263 e. The van der Waals surface area contributed by atoms with Crippen LogP contribution in [0.5, 0.6) is 0 Å². The molecule has 0 radical (unpaired) electrons. The lowest BCUT2D eigenvalue weighted by molar-refractivity contribution is -0.123. The van der Waals surface area contributed by atoms with Gasteiger partial charge in [-0.3, -0.25) is 19.4 Å². The van der Waals surface area contributed by atoms with Gasteiger partial charge in [0, 0.05) is 5.69 Å². The molecular formula is C21H21N5O3. The predicted molar refractivity (Wildman–Crippen MR) is 107 cm³/mol. The molecule has 2 aliphatic rings. The largest absolute Gasteiger partial charge is 0.324 e. The number of carbonyl (C=O) groups is 3. The van der Waals surface area contributed by atoms with Crippen LogP contribution in [0.2, 0.25) is 0 Å². The van der Waals surface area contributed by atoms with E-state index >= 15 is 0 Å². The lowest BCUT2D eigenvalue weighted by atomic mass is 10.1. The minimum Gasteiger partial charge on any atom is -0.324 e. The number of hydrogen-bond donors (Lipinski definition) is 1. The number of imide groups is 1. The molecule has 0 saturated carbocycles. The maximum atomic E-state index is 13.0. The first-order chi connectivity index (χ1) is 14.0. The summed E-state index contributed by atoms with van der Waals surface area (Å²) in [5.74, 6) is -1.17. The number of amides is 3. The topological polar surface area (TPSA) is 94.4 Å². The lowest BCUT2D eigenvalue weighted by Crippen LogP contribution is -2.43. The third-order valence-electron chi connectivity index (χ3n) is 5.19. The molecule has 1 saturated heterocycles. The van der Waals surface area contributed by atoms with Crippen molar-refractivity contribution in [2.75, 3.05) is 16.8 Å². The van der Waals surface area contributed by atoms with Gasteiger partial charge < -0.3 is 5.32 Å². The van der Waals surface area contributed by atoms with Gasteiger partial charge in [-0.05, 0) is 42.7 Å².